The van der Waals surface area contributed by atoms with Crippen LogP contribution in [0.3, 0.4) is 0 Å². The number of likely N-dealkylation sites (tertiary alicyclic amines) is 1. The van der Waals surface area contributed by atoms with Crippen molar-refractivity contribution in [3.05, 3.63) is 36.4 Å². The summed E-state index contributed by atoms with van der Waals surface area (Å²) < 4.78 is 5.45. The van der Waals surface area contributed by atoms with Gasteiger partial charge in [-0.1, -0.05) is 6.07 Å². The number of anilines is 1. The largest absolute Gasteiger partial charge is 0.378 e. The van der Waals surface area contributed by atoms with Gasteiger partial charge < -0.3 is 14.5 Å². The molecule has 4 heterocycles. The van der Waals surface area contributed by atoms with Crippen molar-refractivity contribution >= 4 is 11.9 Å². The molecule has 2 aromatic heterocycles. The van der Waals surface area contributed by atoms with Crippen LogP contribution in [0.25, 0.3) is 11.1 Å². The predicted octanol–water partition coefficient (Wildman–Crippen LogP) is 2.10. The summed E-state index contributed by atoms with van der Waals surface area (Å²) in [7, 11) is 0. The van der Waals surface area contributed by atoms with Crippen LogP contribution in [-0.4, -0.2) is 65.2 Å². The van der Waals surface area contributed by atoms with Gasteiger partial charge in [-0.25, -0.2) is 9.97 Å². The summed E-state index contributed by atoms with van der Waals surface area (Å²) in [6.07, 6.45) is 7.55. The molecule has 2 saturated heterocycles. The first-order valence-electron chi connectivity index (χ1n) is 9.58. The highest BCUT2D eigenvalue weighted by Gasteiger charge is 2.27. The lowest BCUT2D eigenvalue weighted by molar-refractivity contribution is -0.130. The minimum atomic E-state index is 0.130. The molecule has 2 aromatic rings. The molecule has 0 radical (unpaired) electrons. The molecule has 2 aliphatic rings. The smallest absolute Gasteiger partial charge is 0.225 e. The molecule has 4 rings (SSSR count). The Morgan fingerprint density at radius 1 is 1.22 bits per heavy atom. The van der Waals surface area contributed by atoms with Gasteiger partial charge in [-0.05, 0) is 18.9 Å². The molecule has 7 heteroatoms. The molecular formula is C20H25N5O2. The molecule has 0 saturated carbocycles. The molecule has 1 amide bonds. The fraction of sp³-hybridized carbons (Fsp3) is 0.500. The Bertz CT molecular complexity index is 792. The van der Waals surface area contributed by atoms with Crippen LogP contribution in [0.2, 0.25) is 0 Å². The average molecular weight is 367 g/mol. The van der Waals surface area contributed by atoms with Crippen molar-refractivity contribution in [2.75, 3.05) is 44.3 Å². The minimum absolute atomic E-state index is 0.130. The summed E-state index contributed by atoms with van der Waals surface area (Å²) >= 11 is 0. The van der Waals surface area contributed by atoms with E-state index in [1.807, 2.05) is 29.4 Å². The molecule has 0 aliphatic carbocycles. The van der Waals surface area contributed by atoms with Crippen LogP contribution in [0, 0.1) is 0 Å². The van der Waals surface area contributed by atoms with Gasteiger partial charge in [-0.3, -0.25) is 9.78 Å². The van der Waals surface area contributed by atoms with E-state index in [1.54, 1.807) is 13.1 Å². The van der Waals surface area contributed by atoms with E-state index in [-0.39, 0.29) is 11.8 Å². The lowest BCUT2D eigenvalue weighted by Crippen LogP contribution is -2.39. The predicted molar refractivity (Wildman–Crippen MR) is 103 cm³/mol. The SMILES string of the molecule is CC(=O)N1CCCC(c2nc(N3CCOCC3)ncc2-c2cccnc2)C1. The standard InChI is InChI=1S/C20H25N5O2/c1-15(26)25-7-3-5-17(14-25)19-18(16-4-2-6-21-12-16)13-22-20(23-19)24-8-10-27-11-9-24/h2,4,6,12-13,17H,3,5,7-11,14H2,1H3. The summed E-state index contributed by atoms with van der Waals surface area (Å²) in [5.74, 6) is 1.09. The number of carbonyl (C=O) groups excluding carboxylic acids is 1. The Labute approximate surface area is 159 Å². The second-order valence-corrected chi connectivity index (χ2v) is 7.11. The summed E-state index contributed by atoms with van der Waals surface area (Å²) in [5, 5.41) is 0. The number of pyridine rings is 1. The van der Waals surface area contributed by atoms with Gasteiger partial charge in [0.1, 0.15) is 0 Å². The van der Waals surface area contributed by atoms with E-state index in [0.717, 1.165) is 55.2 Å². The van der Waals surface area contributed by atoms with Gasteiger partial charge in [-0.2, -0.15) is 0 Å². The van der Waals surface area contributed by atoms with Gasteiger partial charge in [0, 0.05) is 68.7 Å². The van der Waals surface area contributed by atoms with Gasteiger partial charge in [0.05, 0.1) is 18.9 Å². The zero-order valence-corrected chi connectivity index (χ0v) is 15.7. The molecule has 142 valence electrons. The first-order chi connectivity index (χ1) is 13.2. The Morgan fingerprint density at radius 3 is 2.81 bits per heavy atom. The van der Waals surface area contributed by atoms with E-state index in [1.165, 1.54) is 0 Å². The summed E-state index contributed by atoms with van der Waals surface area (Å²) in [6.45, 7) is 6.18. The third-order valence-electron chi connectivity index (χ3n) is 5.33. The molecule has 0 N–H and O–H groups in total. The summed E-state index contributed by atoms with van der Waals surface area (Å²) in [4.78, 5) is 29.9. The molecule has 1 unspecified atom stereocenters. The van der Waals surface area contributed by atoms with Crippen molar-refractivity contribution in [1.29, 1.82) is 0 Å². The molecule has 2 aliphatic heterocycles. The van der Waals surface area contributed by atoms with E-state index in [0.29, 0.717) is 19.8 Å². The van der Waals surface area contributed by atoms with E-state index in [9.17, 15) is 4.79 Å². The van der Waals surface area contributed by atoms with Crippen LogP contribution < -0.4 is 4.90 Å². The number of rotatable bonds is 3. The van der Waals surface area contributed by atoms with Crippen LogP contribution in [0.1, 0.15) is 31.4 Å². The van der Waals surface area contributed by atoms with E-state index < -0.39 is 0 Å². The number of piperidine rings is 1. The van der Waals surface area contributed by atoms with E-state index in [2.05, 4.69) is 14.9 Å². The van der Waals surface area contributed by atoms with Crippen molar-refractivity contribution in [2.45, 2.75) is 25.7 Å². The van der Waals surface area contributed by atoms with E-state index in [4.69, 9.17) is 9.72 Å². The van der Waals surface area contributed by atoms with Crippen LogP contribution in [0.5, 0.6) is 0 Å². The van der Waals surface area contributed by atoms with Crippen LogP contribution in [-0.2, 0) is 9.53 Å². The highest BCUT2D eigenvalue weighted by Crippen LogP contribution is 2.33. The van der Waals surface area contributed by atoms with Crippen LogP contribution >= 0.6 is 0 Å². The van der Waals surface area contributed by atoms with Crippen molar-refractivity contribution in [3.8, 4) is 11.1 Å². The minimum Gasteiger partial charge on any atom is -0.378 e. The zero-order valence-electron chi connectivity index (χ0n) is 15.7. The van der Waals surface area contributed by atoms with Gasteiger partial charge in [0.25, 0.3) is 0 Å². The maximum Gasteiger partial charge on any atom is 0.225 e. The van der Waals surface area contributed by atoms with Gasteiger partial charge >= 0.3 is 0 Å². The lowest BCUT2D eigenvalue weighted by atomic mass is 9.90. The monoisotopic (exact) mass is 367 g/mol. The number of aromatic nitrogens is 3. The third-order valence-corrected chi connectivity index (χ3v) is 5.33. The number of ether oxygens (including phenoxy) is 1. The van der Waals surface area contributed by atoms with Crippen LogP contribution in [0.4, 0.5) is 5.95 Å². The Hall–Kier alpha value is -2.54. The second-order valence-electron chi connectivity index (χ2n) is 7.11. The quantitative estimate of drug-likeness (QED) is 0.827. The Kier molecular flexibility index (Phi) is 5.29. The van der Waals surface area contributed by atoms with E-state index >= 15 is 0 Å². The molecule has 0 aromatic carbocycles. The Morgan fingerprint density at radius 2 is 2.07 bits per heavy atom. The highest BCUT2D eigenvalue weighted by atomic mass is 16.5. The van der Waals surface area contributed by atoms with Crippen molar-refractivity contribution in [1.82, 2.24) is 19.9 Å². The van der Waals surface area contributed by atoms with Gasteiger partial charge in [-0.15, -0.1) is 0 Å². The zero-order chi connectivity index (χ0) is 18.6. The topological polar surface area (TPSA) is 71.5 Å². The van der Waals surface area contributed by atoms with Crippen molar-refractivity contribution < 1.29 is 9.53 Å². The van der Waals surface area contributed by atoms with Crippen LogP contribution in [0.15, 0.2) is 30.7 Å². The number of hydrogen-bond acceptors (Lipinski definition) is 6. The van der Waals surface area contributed by atoms with Crippen molar-refractivity contribution in [2.24, 2.45) is 0 Å². The number of amides is 1. The average Bonchev–Trinajstić information content (AvgIpc) is 2.74. The third kappa shape index (κ3) is 3.93. The molecule has 1 atom stereocenters. The molecule has 7 nitrogen and oxygen atoms in total. The first kappa shape index (κ1) is 17.9. The summed E-state index contributed by atoms with van der Waals surface area (Å²) in [5.41, 5.74) is 3.04. The molecule has 0 spiro atoms. The van der Waals surface area contributed by atoms with Gasteiger partial charge in [0.2, 0.25) is 11.9 Å². The molecule has 2 fully saturated rings. The molecule has 27 heavy (non-hydrogen) atoms. The number of morpholine rings is 1. The number of carbonyl (C=O) groups is 1. The maximum atomic E-state index is 11.9. The summed E-state index contributed by atoms with van der Waals surface area (Å²) in [6, 6.07) is 3.97. The fourth-order valence-electron chi connectivity index (χ4n) is 3.84. The number of nitrogens with zero attached hydrogens (tertiary/aromatic N) is 5. The first-order valence-corrected chi connectivity index (χ1v) is 9.58. The molecular weight excluding hydrogens is 342 g/mol. The van der Waals surface area contributed by atoms with Crippen molar-refractivity contribution in [3.63, 3.8) is 0 Å². The lowest BCUT2D eigenvalue weighted by Gasteiger charge is -2.33. The normalized spacial score (nSPS) is 20.6. The fourth-order valence-corrected chi connectivity index (χ4v) is 3.84. The maximum absolute atomic E-state index is 11.9. The second kappa shape index (κ2) is 8.00. The Balaban J connectivity index is 1.72. The van der Waals surface area contributed by atoms with Gasteiger partial charge in [0.15, 0.2) is 0 Å². The highest BCUT2D eigenvalue weighted by molar-refractivity contribution is 5.73. The number of hydrogen-bond donors (Lipinski definition) is 0. The molecule has 0 bridgehead atoms.